The van der Waals surface area contributed by atoms with E-state index in [2.05, 4.69) is 33.4 Å². The number of carbonyl (C=O) groups excluding carboxylic acids is 1. The number of carbonyl (C=O) groups is 1. The lowest BCUT2D eigenvalue weighted by Crippen LogP contribution is -2.46. The average Bonchev–Trinajstić information content (AvgIpc) is 2.79. The number of benzene rings is 1. The number of ether oxygens (including phenoxy) is 2. The van der Waals surface area contributed by atoms with Gasteiger partial charge in [-0.1, -0.05) is 6.92 Å². The second-order valence-electron chi connectivity index (χ2n) is 8.86. The predicted molar refractivity (Wildman–Crippen MR) is 129 cm³/mol. The van der Waals surface area contributed by atoms with Gasteiger partial charge in [-0.15, -0.1) is 0 Å². The van der Waals surface area contributed by atoms with Crippen LogP contribution in [0.5, 0.6) is 5.75 Å². The van der Waals surface area contributed by atoms with Crippen molar-refractivity contribution in [3.8, 4) is 5.75 Å². The molecule has 0 saturated carbocycles. The fraction of sp³-hybridized carbons (Fsp3) is 0.522. The molecule has 0 aliphatic carbocycles. The zero-order chi connectivity index (χ0) is 24.9. The molecule has 0 spiro atoms. The molecule has 0 bridgehead atoms. The Morgan fingerprint density at radius 2 is 1.91 bits per heavy atom. The van der Waals surface area contributed by atoms with Gasteiger partial charge in [0.2, 0.25) is 10.0 Å². The zero-order valence-corrected chi connectivity index (χ0v) is 21.1. The summed E-state index contributed by atoms with van der Waals surface area (Å²) in [7, 11) is -0.0962. The van der Waals surface area contributed by atoms with E-state index in [1.807, 2.05) is 0 Å². The van der Waals surface area contributed by atoms with E-state index in [1.165, 1.54) is 6.33 Å². The number of rotatable bonds is 5. The quantitative estimate of drug-likeness (QED) is 0.674. The Balaban J connectivity index is 1.96. The molecule has 0 fully saturated rings. The third kappa shape index (κ3) is 6.87. The van der Waals surface area contributed by atoms with E-state index >= 15 is 0 Å². The Bertz CT molecular complexity index is 1080. The van der Waals surface area contributed by atoms with Crippen LogP contribution in [0.25, 0.3) is 0 Å². The van der Waals surface area contributed by atoms with E-state index in [0.717, 1.165) is 11.8 Å². The van der Waals surface area contributed by atoms with Crippen LogP contribution in [0.3, 0.4) is 0 Å². The van der Waals surface area contributed by atoms with Gasteiger partial charge >= 0.3 is 0 Å². The molecule has 3 atom stereocenters. The van der Waals surface area contributed by atoms with E-state index in [4.69, 9.17) is 9.47 Å². The monoisotopic (exact) mass is 491 g/mol. The smallest absolute Gasteiger partial charge is 0.257 e. The molecule has 2 aromatic rings. The van der Waals surface area contributed by atoms with E-state index in [9.17, 15) is 13.2 Å². The van der Waals surface area contributed by atoms with Crippen molar-refractivity contribution in [3.05, 3.63) is 48.0 Å². The van der Waals surface area contributed by atoms with Crippen molar-refractivity contribution < 1.29 is 22.7 Å². The number of nitrogens with zero attached hydrogens (tertiary/aromatic N) is 4. The molecule has 0 radical (unpaired) electrons. The number of anilines is 1. The fourth-order valence-electron chi connectivity index (χ4n) is 3.99. The van der Waals surface area contributed by atoms with Crippen LogP contribution >= 0.6 is 0 Å². The molecule has 10 nitrogen and oxygen atoms in total. The van der Waals surface area contributed by atoms with Crippen LogP contribution in [0, 0.1) is 5.92 Å². The molecular weight excluding hydrogens is 458 g/mol. The van der Waals surface area contributed by atoms with E-state index in [1.54, 1.807) is 49.7 Å². The van der Waals surface area contributed by atoms with Crippen LogP contribution in [-0.2, 0) is 21.3 Å². The van der Waals surface area contributed by atoms with Gasteiger partial charge in [0.25, 0.3) is 5.91 Å². The molecule has 1 aromatic carbocycles. The summed E-state index contributed by atoms with van der Waals surface area (Å²) in [6, 6.07) is 4.67. The number of aromatic nitrogens is 2. The standard InChI is InChI=1S/C23H33N5O5S/c1-16-11-28(12-18-9-24-15-25-10-18)17(2)14-33-21-8-19(26-34(5,30)31)6-7-20(21)23(29)27(3)13-22(16)32-4/h6-10,15-17,22,26H,11-14H2,1-5H3/t16-,17-,22+/m1/s1. The van der Waals surface area contributed by atoms with Crippen molar-refractivity contribution in [1.29, 1.82) is 0 Å². The second kappa shape index (κ2) is 11.1. The summed E-state index contributed by atoms with van der Waals surface area (Å²) in [6.07, 6.45) is 5.99. The van der Waals surface area contributed by atoms with Gasteiger partial charge in [-0.25, -0.2) is 18.4 Å². The van der Waals surface area contributed by atoms with Crippen LogP contribution in [-0.4, -0.2) is 86.3 Å². The number of likely N-dealkylation sites (N-methyl/N-ethyl adjacent to an activating group) is 1. The highest BCUT2D eigenvalue weighted by molar-refractivity contribution is 7.92. The van der Waals surface area contributed by atoms with Crippen molar-refractivity contribution in [2.45, 2.75) is 32.5 Å². The second-order valence-corrected chi connectivity index (χ2v) is 10.6. The molecular formula is C23H33N5O5S. The van der Waals surface area contributed by atoms with Gasteiger partial charge in [-0.2, -0.15) is 0 Å². The van der Waals surface area contributed by atoms with Crippen LogP contribution in [0.15, 0.2) is 36.9 Å². The van der Waals surface area contributed by atoms with Crippen molar-refractivity contribution in [3.63, 3.8) is 0 Å². The maximum absolute atomic E-state index is 13.2. The number of sulfonamides is 1. The molecule has 11 heteroatoms. The number of amides is 1. The topological polar surface area (TPSA) is 114 Å². The molecule has 1 aliphatic rings. The van der Waals surface area contributed by atoms with Gasteiger partial charge in [0, 0.05) is 63.9 Å². The summed E-state index contributed by atoms with van der Waals surface area (Å²) in [6.45, 7) is 6.19. The van der Waals surface area contributed by atoms with Gasteiger partial charge in [0.1, 0.15) is 18.7 Å². The molecule has 34 heavy (non-hydrogen) atoms. The third-order valence-electron chi connectivity index (χ3n) is 5.88. The minimum absolute atomic E-state index is 0.0215. The molecule has 0 saturated heterocycles. The lowest BCUT2D eigenvalue weighted by atomic mass is 10.0. The Kier molecular flexibility index (Phi) is 8.45. The van der Waals surface area contributed by atoms with Gasteiger partial charge < -0.3 is 14.4 Å². The van der Waals surface area contributed by atoms with Crippen LogP contribution < -0.4 is 9.46 Å². The summed E-state index contributed by atoms with van der Waals surface area (Å²) in [5, 5.41) is 0. The van der Waals surface area contributed by atoms with Crippen molar-refractivity contribution >= 4 is 21.6 Å². The maximum atomic E-state index is 13.2. The molecule has 2 heterocycles. The number of hydrogen-bond acceptors (Lipinski definition) is 8. The summed E-state index contributed by atoms with van der Waals surface area (Å²) < 4.78 is 37.7. The zero-order valence-electron chi connectivity index (χ0n) is 20.3. The maximum Gasteiger partial charge on any atom is 0.257 e. The highest BCUT2D eigenvalue weighted by atomic mass is 32.2. The first-order chi connectivity index (χ1) is 16.1. The number of fused-ring (bicyclic) bond motifs is 1. The van der Waals surface area contributed by atoms with Crippen molar-refractivity contribution in [2.24, 2.45) is 5.92 Å². The van der Waals surface area contributed by atoms with Gasteiger partial charge in [-0.3, -0.25) is 14.4 Å². The Morgan fingerprint density at radius 1 is 1.21 bits per heavy atom. The first-order valence-electron chi connectivity index (χ1n) is 11.1. The lowest BCUT2D eigenvalue weighted by Gasteiger charge is -2.36. The Hall–Kier alpha value is -2.76. The lowest BCUT2D eigenvalue weighted by molar-refractivity contribution is 0.00918. The first kappa shape index (κ1) is 25.9. The SMILES string of the molecule is CO[C@H]1CN(C)C(=O)c2ccc(NS(C)(=O)=O)cc2OC[C@@H](C)N(Cc2cncnc2)C[C@H]1C. The van der Waals surface area contributed by atoms with E-state index < -0.39 is 10.0 Å². The fourth-order valence-corrected chi connectivity index (χ4v) is 4.55. The minimum atomic E-state index is -3.48. The van der Waals surface area contributed by atoms with Crippen LogP contribution in [0.1, 0.15) is 29.8 Å². The van der Waals surface area contributed by atoms with Gasteiger partial charge in [0.05, 0.1) is 23.6 Å². The van der Waals surface area contributed by atoms with Gasteiger partial charge in [-0.05, 0) is 25.0 Å². The normalized spacial score (nSPS) is 22.8. The van der Waals surface area contributed by atoms with E-state index in [-0.39, 0.29) is 24.0 Å². The number of nitrogens with one attached hydrogen (secondary N) is 1. The molecule has 1 aromatic heterocycles. The average molecular weight is 492 g/mol. The first-order valence-corrected chi connectivity index (χ1v) is 13.0. The minimum Gasteiger partial charge on any atom is -0.491 e. The van der Waals surface area contributed by atoms with Crippen molar-refractivity contribution in [2.75, 3.05) is 44.8 Å². The third-order valence-corrected chi connectivity index (χ3v) is 6.49. The highest BCUT2D eigenvalue weighted by Crippen LogP contribution is 2.27. The van der Waals surface area contributed by atoms with Crippen LogP contribution in [0.4, 0.5) is 5.69 Å². The largest absolute Gasteiger partial charge is 0.491 e. The van der Waals surface area contributed by atoms with Crippen molar-refractivity contribution in [1.82, 2.24) is 19.8 Å². The number of methoxy groups -OCH3 is 1. The molecule has 1 N–H and O–H groups in total. The Morgan fingerprint density at radius 3 is 2.56 bits per heavy atom. The molecule has 0 unspecified atom stereocenters. The summed E-state index contributed by atoms with van der Waals surface area (Å²) in [5.41, 5.74) is 1.67. The highest BCUT2D eigenvalue weighted by Gasteiger charge is 2.28. The summed E-state index contributed by atoms with van der Waals surface area (Å²) in [4.78, 5) is 25.4. The summed E-state index contributed by atoms with van der Waals surface area (Å²) in [5.74, 6) is 0.233. The van der Waals surface area contributed by atoms with Gasteiger partial charge in [0.15, 0.2) is 0 Å². The van der Waals surface area contributed by atoms with E-state index in [0.29, 0.717) is 43.2 Å². The van der Waals surface area contributed by atoms with Crippen LogP contribution in [0.2, 0.25) is 0 Å². The molecule has 1 aliphatic heterocycles. The predicted octanol–water partition coefficient (Wildman–Crippen LogP) is 1.85. The summed E-state index contributed by atoms with van der Waals surface area (Å²) >= 11 is 0. The molecule has 1 amide bonds. The molecule has 3 rings (SSSR count). The Labute approximate surface area is 201 Å². The number of hydrogen-bond donors (Lipinski definition) is 1. The molecule has 186 valence electrons.